The lowest BCUT2D eigenvalue weighted by Gasteiger charge is -2.42. The number of hydrogen-bond acceptors (Lipinski definition) is 2. The fourth-order valence-corrected chi connectivity index (χ4v) is 3.05. The lowest BCUT2D eigenvalue weighted by Crippen LogP contribution is -2.53. The van der Waals surface area contributed by atoms with Crippen LogP contribution in [0.5, 0.6) is 0 Å². The minimum Gasteiger partial charge on any atom is -0.363 e. The van der Waals surface area contributed by atoms with Crippen molar-refractivity contribution in [3.63, 3.8) is 0 Å². The third kappa shape index (κ3) is 2.93. The van der Waals surface area contributed by atoms with Crippen LogP contribution in [-0.4, -0.2) is 19.1 Å². The Bertz CT molecular complexity index is 585. The molecule has 0 aliphatic carbocycles. The predicted octanol–water partition coefficient (Wildman–Crippen LogP) is 3.76. The van der Waals surface area contributed by atoms with Gasteiger partial charge >= 0.3 is 0 Å². The van der Waals surface area contributed by atoms with E-state index in [0.717, 1.165) is 19.5 Å². The number of benzene rings is 2. The van der Waals surface area contributed by atoms with E-state index in [0.29, 0.717) is 11.7 Å². The van der Waals surface area contributed by atoms with Gasteiger partial charge < -0.3 is 10.2 Å². The number of nitrogens with zero attached hydrogens (tertiary/aromatic N) is 1. The zero-order valence-corrected chi connectivity index (χ0v) is 12.3. The molecule has 1 fully saturated rings. The highest BCUT2D eigenvalue weighted by Crippen LogP contribution is 2.28. The van der Waals surface area contributed by atoms with Gasteiger partial charge in [0, 0.05) is 25.2 Å². The summed E-state index contributed by atoms with van der Waals surface area (Å²) in [5.41, 5.74) is 1.97. The molecule has 2 unspecified atom stereocenters. The Morgan fingerprint density at radius 2 is 1.81 bits per heavy atom. The van der Waals surface area contributed by atoms with Gasteiger partial charge in [0.25, 0.3) is 0 Å². The molecule has 0 amide bonds. The van der Waals surface area contributed by atoms with E-state index in [1.54, 1.807) is 12.1 Å². The van der Waals surface area contributed by atoms with Gasteiger partial charge in [0.2, 0.25) is 0 Å². The summed E-state index contributed by atoms with van der Waals surface area (Å²) >= 11 is 0. The van der Waals surface area contributed by atoms with Crippen molar-refractivity contribution in [1.82, 2.24) is 5.32 Å². The van der Waals surface area contributed by atoms with Gasteiger partial charge in [-0.25, -0.2) is 4.39 Å². The van der Waals surface area contributed by atoms with Crippen LogP contribution in [0.1, 0.15) is 24.9 Å². The quantitative estimate of drug-likeness (QED) is 0.923. The van der Waals surface area contributed by atoms with E-state index >= 15 is 0 Å². The Hall–Kier alpha value is -1.87. The van der Waals surface area contributed by atoms with Crippen LogP contribution in [0.15, 0.2) is 54.6 Å². The van der Waals surface area contributed by atoms with Gasteiger partial charge in [0.05, 0.1) is 5.69 Å². The molecule has 2 aromatic carbocycles. The van der Waals surface area contributed by atoms with Crippen LogP contribution in [0, 0.1) is 5.82 Å². The Balaban J connectivity index is 1.88. The molecule has 2 aromatic rings. The van der Waals surface area contributed by atoms with E-state index in [1.165, 1.54) is 5.56 Å². The second-order valence-electron chi connectivity index (χ2n) is 5.54. The van der Waals surface area contributed by atoms with Gasteiger partial charge in [-0.05, 0) is 24.1 Å². The molecule has 0 bridgehead atoms. The highest BCUT2D eigenvalue weighted by Gasteiger charge is 2.28. The predicted molar refractivity (Wildman–Crippen MR) is 85.0 cm³/mol. The number of para-hydroxylation sites is 1. The van der Waals surface area contributed by atoms with E-state index in [2.05, 4.69) is 41.4 Å². The summed E-state index contributed by atoms with van der Waals surface area (Å²) in [6.07, 6.45) is 1.00. The first-order valence-electron chi connectivity index (χ1n) is 7.59. The van der Waals surface area contributed by atoms with Crippen LogP contribution in [0.3, 0.4) is 0 Å². The number of nitrogens with one attached hydrogen (secondary N) is 1. The third-order valence-corrected chi connectivity index (χ3v) is 4.25. The van der Waals surface area contributed by atoms with Gasteiger partial charge in [0.15, 0.2) is 0 Å². The molecule has 2 nitrogen and oxygen atoms in total. The van der Waals surface area contributed by atoms with Crippen molar-refractivity contribution in [2.45, 2.75) is 25.4 Å². The third-order valence-electron chi connectivity index (χ3n) is 4.25. The molecule has 21 heavy (non-hydrogen) atoms. The first-order chi connectivity index (χ1) is 10.3. The Kier molecular flexibility index (Phi) is 4.20. The molecule has 110 valence electrons. The molecule has 3 heteroatoms. The maximum atomic E-state index is 14.2. The fourth-order valence-electron chi connectivity index (χ4n) is 3.05. The zero-order valence-electron chi connectivity index (χ0n) is 12.3. The number of halogens is 1. The van der Waals surface area contributed by atoms with Gasteiger partial charge in [-0.15, -0.1) is 0 Å². The standard InChI is InChI=1S/C18H21FN2/c1-2-15-12-20-17(14-8-4-3-5-9-14)13-21(15)18-11-7-6-10-16(18)19/h3-11,15,17,20H,2,12-13H2,1H3. The second-order valence-corrected chi connectivity index (χ2v) is 5.54. The first-order valence-corrected chi connectivity index (χ1v) is 7.59. The molecule has 0 aromatic heterocycles. The average Bonchev–Trinajstić information content (AvgIpc) is 2.55. The highest BCUT2D eigenvalue weighted by molar-refractivity contribution is 5.50. The Morgan fingerprint density at radius 3 is 2.52 bits per heavy atom. The molecule has 1 aliphatic rings. The maximum Gasteiger partial charge on any atom is 0.146 e. The van der Waals surface area contributed by atoms with Crippen LogP contribution in [0.2, 0.25) is 0 Å². The maximum absolute atomic E-state index is 14.2. The SMILES string of the molecule is CCC1CNC(c2ccccc2)CN1c1ccccc1F. The van der Waals surface area contributed by atoms with Crippen LogP contribution < -0.4 is 10.2 Å². The summed E-state index contributed by atoms with van der Waals surface area (Å²) in [6.45, 7) is 3.83. The van der Waals surface area contributed by atoms with Gasteiger partial charge in [-0.3, -0.25) is 0 Å². The topological polar surface area (TPSA) is 15.3 Å². The molecule has 1 aliphatic heterocycles. The second kappa shape index (κ2) is 6.27. The van der Waals surface area contributed by atoms with Crippen LogP contribution in [-0.2, 0) is 0 Å². The fraction of sp³-hybridized carbons (Fsp3) is 0.333. The zero-order chi connectivity index (χ0) is 14.7. The lowest BCUT2D eigenvalue weighted by atomic mass is 10.00. The van der Waals surface area contributed by atoms with Crippen molar-refractivity contribution in [2.75, 3.05) is 18.0 Å². The summed E-state index contributed by atoms with van der Waals surface area (Å²) in [4.78, 5) is 2.21. The van der Waals surface area contributed by atoms with E-state index in [4.69, 9.17) is 0 Å². The number of piperazine rings is 1. The molecule has 3 rings (SSSR count). The summed E-state index contributed by atoms with van der Waals surface area (Å²) in [5, 5.41) is 3.59. The summed E-state index contributed by atoms with van der Waals surface area (Å²) in [5.74, 6) is -0.135. The molecule has 0 radical (unpaired) electrons. The first kappa shape index (κ1) is 14.1. The molecule has 1 heterocycles. The van der Waals surface area contributed by atoms with Crippen molar-refractivity contribution in [1.29, 1.82) is 0 Å². The summed E-state index contributed by atoms with van der Waals surface area (Å²) in [6, 6.07) is 18.0. The van der Waals surface area contributed by atoms with Crippen LogP contribution >= 0.6 is 0 Å². The Morgan fingerprint density at radius 1 is 1.10 bits per heavy atom. The highest BCUT2D eigenvalue weighted by atomic mass is 19.1. The minimum absolute atomic E-state index is 0.135. The van der Waals surface area contributed by atoms with Gasteiger partial charge in [0.1, 0.15) is 5.82 Å². The van der Waals surface area contributed by atoms with Crippen molar-refractivity contribution < 1.29 is 4.39 Å². The Labute approximate surface area is 125 Å². The summed E-state index contributed by atoms with van der Waals surface area (Å²) in [7, 11) is 0. The number of hydrogen-bond donors (Lipinski definition) is 1. The average molecular weight is 284 g/mol. The van der Waals surface area contributed by atoms with Crippen molar-refractivity contribution in [2.24, 2.45) is 0 Å². The molecule has 1 N–H and O–H groups in total. The van der Waals surface area contributed by atoms with Crippen molar-refractivity contribution in [3.8, 4) is 0 Å². The van der Waals surface area contributed by atoms with E-state index in [1.807, 2.05) is 18.2 Å². The molecule has 0 saturated carbocycles. The molecule has 1 saturated heterocycles. The van der Waals surface area contributed by atoms with Crippen molar-refractivity contribution in [3.05, 3.63) is 66.0 Å². The van der Waals surface area contributed by atoms with Crippen LogP contribution in [0.4, 0.5) is 10.1 Å². The minimum atomic E-state index is -0.135. The molecule has 2 atom stereocenters. The van der Waals surface area contributed by atoms with Crippen molar-refractivity contribution >= 4 is 5.69 Å². The molecule has 0 spiro atoms. The van der Waals surface area contributed by atoms with E-state index < -0.39 is 0 Å². The van der Waals surface area contributed by atoms with Gasteiger partial charge in [-0.1, -0.05) is 49.4 Å². The van der Waals surface area contributed by atoms with E-state index in [-0.39, 0.29) is 11.9 Å². The largest absolute Gasteiger partial charge is 0.363 e. The monoisotopic (exact) mass is 284 g/mol. The van der Waals surface area contributed by atoms with Crippen LogP contribution in [0.25, 0.3) is 0 Å². The van der Waals surface area contributed by atoms with Gasteiger partial charge in [-0.2, -0.15) is 0 Å². The normalized spacial score (nSPS) is 22.3. The smallest absolute Gasteiger partial charge is 0.146 e. The number of rotatable bonds is 3. The molecular weight excluding hydrogens is 263 g/mol. The van der Waals surface area contributed by atoms with E-state index in [9.17, 15) is 4.39 Å². The molecular formula is C18H21FN2. The summed E-state index contributed by atoms with van der Waals surface area (Å²) < 4.78 is 14.2. The lowest BCUT2D eigenvalue weighted by molar-refractivity contribution is 0.389. The number of anilines is 1.